The van der Waals surface area contributed by atoms with Gasteiger partial charge >= 0.3 is 0 Å². The van der Waals surface area contributed by atoms with E-state index in [-0.39, 0.29) is 0 Å². The predicted molar refractivity (Wildman–Crippen MR) is 84.9 cm³/mol. The number of rotatable bonds is 6. The summed E-state index contributed by atoms with van der Waals surface area (Å²) in [5.41, 5.74) is 3.09. The zero-order chi connectivity index (χ0) is 13.9. The van der Waals surface area contributed by atoms with Crippen molar-refractivity contribution < 1.29 is 0 Å². The first-order chi connectivity index (χ1) is 9.74. The number of benzene rings is 1. The molecule has 1 atom stereocenters. The van der Waals surface area contributed by atoms with E-state index in [0.29, 0.717) is 5.92 Å². The van der Waals surface area contributed by atoms with Crippen LogP contribution in [-0.2, 0) is 6.54 Å². The van der Waals surface area contributed by atoms with Crippen molar-refractivity contribution >= 4 is 0 Å². The van der Waals surface area contributed by atoms with Gasteiger partial charge in [0.15, 0.2) is 0 Å². The Morgan fingerprint density at radius 1 is 1.25 bits per heavy atom. The molecule has 0 amide bonds. The number of nitrogens with zero attached hydrogens (tertiary/aromatic N) is 1. The van der Waals surface area contributed by atoms with Crippen LogP contribution < -0.4 is 5.32 Å². The Morgan fingerprint density at radius 2 is 2.05 bits per heavy atom. The van der Waals surface area contributed by atoms with E-state index in [1.54, 1.807) is 5.56 Å². The summed E-state index contributed by atoms with van der Waals surface area (Å²) >= 11 is 0. The molecule has 1 heterocycles. The zero-order valence-corrected chi connectivity index (χ0v) is 12.9. The van der Waals surface area contributed by atoms with Crippen molar-refractivity contribution in [2.24, 2.45) is 5.92 Å². The number of hydrogen-bond donors (Lipinski definition) is 1. The van der Waals surface area contributed by atoms with E-state index in [9.17, 15) is 0 Å². The molecule has 110 valence electrons. The maximum absolute atomic E-state index is 3.59. The Hall–Kier alpha value is -0.860. The van der Waals surface area contributed by atoms with Crippen LogP contribution >= 0.6 is 0 Å². The predicted octanol–water partition coefficient (Wildman–Crippen LogP) is 3.38. The van der Waals surface area contributed by atoms with E-state index < -0.39 is 0 Å². The molecule has 0 bridgehead atoms. The van der Waals surface area contributed by atoms with Crippen molar-refractivity contribution in [3.05, 3.63) is 35.4 Å². The van der Waals surface area contributed by atoms with Gasteiger partial charge in [0.1, 0.15) is 0 Å². The van der Waals surface area contributed by atoms with Crippen LogP contribution in [0.3, 0.4) is 0 Å². The summed E-state index contributed by atoms with van der Waals surface area (Å²) in [6.45, 7) is 9.37. The van der Waals surface area contributed by atoms with Gasteiger partial charge in [0.2, 0.25) is 0 Å². The van der Waals surface area contributed by atoms with E-state index >= 15 is 0 Å². The van der Waals surface area contributed by atoms with E-state index in [1.165, 1.54) is 37.9 Å². The molecule has 20 heavy (non-hydrogen) atoms. The summed E-state index contributed by atoms with van der Waals surface area (Å²) in [6, 6.07) is 9.87. The number of fused-ring (bicyclic) bond motifs is 1. The largest absolute Gasteiger partial charge is 0.312 e. The van der Waals surface area contributed by atoms with Crippen LogP contribution in [0, 0.1) is 5.92 Å². The highest BCUT2D eigenvalue weighted by atomic mass is 15.2. The lowest BCUT2D eigenvalue weighted by atomic mass is 9.90. The SMILES string of the molecule is CC(C)CCN(CC1CNCc2ccccc21)C1CC1. The first-order valence-electron chi connectivity index (χ1n) is 8.26. The van der Waals surface area contributed by atoms with Crippen molar-refractivity contribution in [2.75, 3.05) is 19.6 Å². The molecule has 2 nitrogen and oxygen atoms in total. The average Bonchev–Trinajstić information content (AvgIpc) is 3.28. The third kappa shape index (κ3) is 3.42. The zero-order valence-electron chi connectivity index (χ0n) is 12.9. The molecule has 1 fully saturated rings. The fraction of sp³-hybridized carbons (Fsp3) is 0.667. The van der Waals surface area contributed by atoms with Crippen LogP contribution in [-0.4, -0.2) is 30.6 Å². The second kappa shape index (κ2) is 6.28. The molecule has 0 saturated heterocycles. The highest BCUT2D eigenvalue weighted by Gasteiger charge is 2.31. The van der Waals surface area contributed by atoms with Crippen molar-refractivity contribution in [3.8, 4) is 0 Å². The van der Waals surface area contributed by atoms with Crippen LogP contribution in [0.15, 0.2) is 24.3 Å². The van der Waals surface area contributed by atoms with Gasteiger partial charge in [-0.05, 0) is 42.9 Å². The highest BCUT2D eigenvalue weighted by Crippen LogP contribution is 2.31. The minimum Gasteiger partial charge on any atom is -0.312 e. The van der Waals surface area contributed by atoms with Gasteiger partial charge in [-0.1, -0.05) is 38.1 Å². The lowest BCUT2D eigenvalue weighted by molar-refractivity contribution is 0.227. The summed E-state index contributed by atoms with van der Waals surface area (Å²) in [6.07, 6.45) is 4.16. The van der Waals surface area contributed by atoms with Crippen molar-refractivity contribution in [2.45, 2.75) is 51.6 Å². The molecule has 1 N–H and O–H groups in total. The van der Waals surface area contributed by atoms with Gasteiger partial charge in [-0.25, -0.2) is 0 Å². The summed E-state index contributed by atoms with van der Waals surface area (Å²) in [7, 11) is 0. The Kier molecular flexibility index (Phi) is 4.42. The number of hydrogen-bond acceptors (Lipinski definition) is 2. The van der Waals surface area contributed by atoms with Gasteiger partial charge < -0.3 is 5.32 Å². The maximum atomic E-state index is 3.59. The van der Waals surface area contributed by atoms with Crippen LogP contribution in [0.5, 0.6) is 0 Å². The van der Waals surface area contributed by atoms with Crippen molar-refractivity contribution in [1.82, 2.24) is 10.2 Å². The Morgan fingerprint density at radius 3 is 2.80 bits per heavy atom. The molecule has 2 aliphatic rings. The maximum Gasteiger partial charge on any atom is 0.0208 e. The molecule has 0 spiro atoms. The smallest absolute Gasteiger partial charge is 0.0208 e. The van der Waals surface area contributed by atoms with Gasteiger partial charge in [-0.3, -0.25) is 4.90 Å². The molecule has 1 aliphatic heterocycles. The van der Waals surface area contributed by atoms with Gasteiger partial charge in [0, 0.05) is 31.6 Å². The lowest BCUT2D eigenvalue weighted by Gasteiger charge is -2.32. The summed E-state index contributed by atoms with van der Waals surface area (Å²) in [5.74, 6) is 1.49. The number of nitrogens with one attached hydrogen (secondary N) is 1. The molecular formula is C18H28N2. The molecule has 0 radical (unpaired) electrons. The second-order valence-corrected chi connectivity index (χ2v) is 6.94. The quantitative estimate of drug-likeness (QED) is 0.854. The third-order valence-corrected chi connectivity index (χ3v) is 4.71. The van der Waals surface area contributed by atoms with E-state index in [4.69, 9.17) is 0 Å². The van der Waals surface area contributed by atoms with Gasteiger partial charge in [-0.2, -0.15) is 0 Å². The second-order valence-electron chi connectivity index (χ2n) is 6.94. The molecule has 0 aromatic heterocycles. The molecule has 1 aromatic carbocycles. The van der Waals surface area contributed by atoms with Crippen molar-refractivity contribution in [3.63, 3.8) is 0 Å². The minimum atomic E-state index is 0.674. The molecule has 1 aromatic rings. The molecule has 1 saturated carbocycles. The topological polar surface area (TPSA) is 15.3 Å². The van der Waals surface area contributed by atoms with Gasteiger partial charge in [0.05, 0.1) is 0 Å². The standard InChI is InChI=1S/C18H28N2/c1-14(2)9-10-20(17-7-8-17)13-16-12-19-11-15-5-3-4-6-18(15)16/h3-6,14,16-17,19H,7-13H2,1-2H3. The first-order valence-corrected chi connectivity index (χ1v) is 8.26. The average molecular weight is 272 g/mol. The fourth-order valence-electron chi connectivity index (χ4n) is 3.32. The van der Waals surface area contributed by atoms with Crippen LogP contribution in [0.2, 0.25) is 0 Å². The molecule has 1 unspecified atom stereocenters. The molecule has 2 heteroatoms. The van der Waals surface area contributed by atoms with Gasteiger partial charge in [0.25, 0.3) is 0 Å². The highest BCUT2D eigenvalue weighted by molar-refractivity contribution is 5.33. The summed E-state index contributed by atoms with van der Waals surface area (Å²) in [4.78, 5) is 2.76. The van der Waals surface area contributed by atoms with Gasteiger partial charge in [-0.15, -0.1) is 0 Å². The Labute approximate surface area is 123 Å². The lowest BCUT2D eigenvalue weighted by Crippen LogP contribution is -2.38. The van der Waals surface area contributed by atoms with Crippen molar-refractivity contribution in [1.29, 1.82) is 0 Å². The van der Waals surface area contributed by atoms with Crippen LogP contribution in [0.4, 0.5) is 0 Å². The Balaban J connectivity index is 1.66. The summed E-state index contributed by atoms with van der Waals surface area (Å²) in [5, 5.41) is 3.59. The fourth-order valence-corrected chi connectivity index (χ4v) is 3.32. The normalized spacial score (nSPS) is 22.3. The monoisotopic (exact) mass is 272 g/mol. The van der Waals surface area contributed by atoms with E-state index in [0.717, 1.165) is 25.0 Å². The van der Waals surface area contributed by atoms with E-state index in [2.05, 4.69) is 48.3 Å². The molecule has 3 rings (SSSR count). The minimum absolute atomic E-state index is 0.674. The third-order valence-electron chi connectivity index (χ3n) is 4.71. The van der Waals surface area contributed by atoms with E-state index in [1.807, 2.05) is 0 Å². The molecular weight excluding hydrogens is 244 g/mol. The molecule has 1 aliphatic carbocycles. The Bertz CT molecular complexity index is 437. The van der Waals surface area contributed by atoms with Crippen LogP contribution in [0.1, 0.15) is 50.2 Å². The van der Waals surface area contributed by atoms with Crippen LogP contribution in [0.25, 0.3) is 0 Å². The summed E-state index contributed by atoms with van der Waals surface area (Å²) < 4.78 is 0. The first kappa shape index (κ1) is 14.1.